The lowest BCUT2D eigenvalue weighted by Gasteiger charge is -2.42. The van der Waals surface area contributed by atoms with Crippen molar-refractivity contribution in [3.63, 3.8) is 0 Å². The average Bonchev–Trinajstić information content (AvgIpc) is 2.84. The number of para-hydroxylation sites is 1. The summed E-state index contributed by atoms with van der Waals surface area (Å²) in [4.78, 5) is 14.3. The Balaban J connectivity index is 1.59. The minimum atomic E-state index is -4.23. The molecular weight excluding hydrogens is 466 g/mol. The Labute approximate surface area is 198 Å². The number of benzene rings is 2. The molecule has 10 heteroatoms. The summed E-state index contributed by atoms with van der Waals surface area (Å²) in [6.07, 6.45) is 1.15. The van der Waals surface area contributed by atoms with Gasteiger partial charge in [0.15, 0.2) is 0 Å². The first kappa shape index (κ1) is 24.6. The molecule has 2 fully saturated rings. The Morgan fingerprint density at radius 2 is 1.79 bits per heavy atom. The molecule has 1 atom stereocenters. The molecule has 0 radical (unpaired) electrons. The van der Waals surface area contributed by atoms with Gasteiger partial charge in [-0.25, -0.2) is 17.2 Å². The molecule has 184 valence electrons. The van der Waals surface area contributed by atoms with Gasteiger partial charge in [-0.15, -0.1) is 0 Å². The number of sulfonamides is 1. The van der Waals surface area contributed by atoms with E-state index in [9.17, 15) is 22.0 Å². The predicted octanol–water partition coefficient (Wildman–Crippen LogP) is 3.06. The topological polar surface area (TPSA) is 76.2 Å². The highest BCUT2D eigenvalue weighted by molar-refractivity contribution is 7.89. The molecule has 0 unspecified atom stereocenters. The van der Waals surface area contributed by atoms with E-state index in [1.807, 2.05) is 18.2 Å². The fourth-order valence-corrected chi connectivity index (χ4v) is 6.14. The van der Waals surface area contributed by atoms with Gasteiger partial charge in [0.05, 0.1) is 19.8 Å². The fourth-order valence-electron chi connectivity index (χ4n) is 4.50. The van der Waals surface area contributed by atoms with Crippen LogP contribution in [0.5, 0.6) is 5.75 Å². The van der Waals surface area contributed by atoms with E-state index in [2.05, 4.69) is 0 Å². The molecule has 2 saturated heterocycles. The van der Waals surface area contributed by atoms with Crippen molar-refractivity contribution in [1.29, 1.82) is 0 Å². The summed E-state index contributed by atoms with van der Waals surface area (Å²) in [5.41, 5.74) is -0.799. The molecule has 7 nitrogen and oxygen atoms in total. The first-order valence-corrected chi connectivity index (χ1v) is 12.7. The molecule has 0 aromatic heterocycles. The molecule has 0 saturated carbocycles. The quantitative estimate of drug-likeness (QED) is 0.592. The third kappa shape index (κ3) is 5.56. The number of amides is 1. The van der Waals surface area contributed by atoms with Crippen molar-refractivity contribution in [3.05, 3.63) is 60.2 Å². The van der Waals surface area contributed by atoms with E-state index in [4.69, 9.17) is 9.47 Å². The van der Waals surface area contributed by atoms with E-state index >= 15 is 0 Å². The number of hydrogen-bond acceptors (Lipinski definition) is 5. The van der Waals surface area contributed by atoms with Gasteiger partial charge in [-0.05, 0) is 37.1 Å². The summed E-state index contributed by atoms with van der Waals surface area (Å²) in [6.45, 7) is 2.19. The Kier molecular flexibility index (Phi) is 7.49. The van der Waals surface area contributed by atoms with E-state index in [0.29, 0.717) is 51.0 Å². The third-order valence-corrected chi connectivity index (χ3v) is 8.19. The normalized spacial score (nSPS) is 21.9. The fraction of sp³-hybridized carbons (Fsp3) is 0.458. The summed E-state index contributed by atoms with van der Waals surface area (Å²) < 4.78 is 66.8. The zero-order valence-corrected chi connectivity index (χ0v) is 19.6. The number of ether oxygens (including phenoxy) is 2. The van der Waals surface area contributed by atoms with Gasteiger partial charge in [0.1, 0.15) is 22.3 Å². The number of piperidine rings is 1. The highest BCUT2D eigenvalue weighted by Crippen LogP contribution is 2.37. The maximum absolute atomic E-state index is 14.4. The van der Waals surface area contributed by atoms with Gasteiger partial charge in [0.25, 0.3) is 0 Å². The Morgan fingerprint density at radius 1 is 1.06 bits per heavy atom. The monoisotopic (exact) mass is 494 g/mol. The summed E-state index contributed by atoms with van der Waals surface area (Å²) in [6, 6.07) is 11.5. The van der Waals surface area contributed by atoms with Crippen LogP contribution in [-0.2, 0) is 19.6 Å². The van der Waals surface area contributed by atoms with Crippen molar-refractivity contribution in [3.8, 4) is 5.75 Å². The smallest absolute Gasteiger partial charge is 0.246 e. The van der Waals surface area contributed by atoms with Crippen LogP contribution in [-0.4, -0.2) is 69.5 Å². The number of nitrogens with zero attached hydrogens (tertiary/aromatic N) is 2. The second-order valence-corrected chi connectivity index (χ2v) is 10.7. The number of morpholine rings is 1. The number of rotatable bonds is 7. The molecule has 34 heavy (non-hydrogen) atoms. The standard InChI is InChI=1S/C24H28F2N2O5S/c25-19-7-8-22(21(26)15-19)34(30,31)28-10-4-9-24(17-28,18-33-20-5-2-1-3-6-20)16-23(29)27-11-13-32-14-12-27/h1-3,5-8,15H,4,9-14,16-18H2/t24-/m0/s1. The van der Waals surface area contributed by atoms with Crippen LogP contribution in [0.1, 0.15) is 19.3 Å². The Bertz CT molecular complexity index is 1110. The SMILES string of the molecule is O=C(C[C@@]1(COc2ccccc2)CCCN(S(=O)(=O)c2ccc(F)cc2F)C1)N1CCOCC1. The highest BCUT2D eigenvalue weighted by atomic mass is 32.2. The molecule has 0 bridgehead atoms. The zero-order valence-electron chi connectivity index (χ0n) is 18.8. The molecule has 2 aliphatic rings. The Hall–Kier alpha value is -2.56. The minimum absolute atomic E-state index is 0.00490. The van der Waals surface area contributed by atoms with E-state index in [-0.39, 0.29) is 32.0 Å². The van der Waals surface area contributed by atoms with Crippen molar-refractivity contribution in [2.45, 2.75) is 24.2 Å². The van der Waals surface area contributed by atoms with Crippen LogP contribution >= 0.6 is 0 Å². The van der Waals surface area contributed by atoms with Gasteiger partial charge in [-0.1, -0.05) is 18.2 Å². The van der Waals surface area contributed by atoms with Gasteiger partial charge in [0, 0.05) is 44.1 Å². The van der Waals surface area contributed by atoms with Crippen LogP contribution in [0.25, 0.3) is 0 Å². The zero-order chi connectivity index (χ0) is 24.2. The van der Waals surface area contributed by atoms with E-state index in [1.165, 1.54) is 4.31 Å². The van der Waals surface area contributed by atoms with Gasteiger partial charge < -0.3 is 14.4 Å². The van der Waals surface area contributed by atoms with Crippen molar-refractivity contribution in [1.82, 2.24) is 9.21 Å². The van der Waals surface area contributed by atoms with E-state index in [1.54, 1.807) is 17.0 Å². The Morgan fingerprint density at radius 3 is 2.50 bits per heavy atom. The molecule has 2 aromatic rings. The molecule has 1 amide bonds. The second-order valence-electron chi connectivity index (χ2n) is 8.79. The maximum atomic E-state index is 14.4. The van der Waals surface area contributed by atoms with Crippen LogP contribution in [0.2, 0.25) is 0 Å². The maximum Gasteiger partial charge on any atom is 0.246 e. The summed E-state index contributed by atoms with van der Waals surface area (Å²) in [5.74, 6) is -1.46. The van der Waals surface area contributed by atoms with Crippen LogP contribution in [0, 0.1) is 17.0 Å². The van der Waals surface area contributed by atoms with Crippen molar-refractivity contribution in [2.24, 2.45) is 5.41 Å². The van der Waals surface area contributed by atoms with Gasteiger partial charge in [-0.2, -0.15) is 4.31 Å². The highest BCUT2D eigenvalue weighted by Gasteiger charge is 2.43. The number of halogens is 2. The third-order valence-electron chi connectivity index (χ3n) is 6.32. The lowest BCUT2D eigenvalue weighted by Crippen LogP contribution is -2.52. The van der Waals surface area contributed by atoms with Crippen LogP contribution in [0.4, 0.5) is 8.78 Å². The van der Waals surface area contributed by atoms with Gasteiger partial charge >= 0.3 is 0 Å². The molecule has 2 aromatic carbocycles. The van der Waals surface area contributed by atoms with Crippen LogP contribution < -0.4 is 4.74 Å². The lowest BCUT2D eigenvalue weighted by molar-refractivity contribution is -0.139. The molecule has 0 aliphatic carbocycles. The van der Waals surface area contributed by atoms with Crippen LogP contribution in [0.3, 0.4) is 0 Å². The number of carbonyl (C=O) groups excluding carboxylic acids is 1. The average molecular weight is 495 g/mol. The molecule has 2 heterocycles. The van der Waals surface area contributed by atoms with Crippen LogP contribution in [0.15, 0.2) is 53.4 Å². The van der Waals surface area contributed by atoms with E-state index < -0.39 is 32.0 Å². The number of hydrogen-bond donors (Lipinski definition) is 0. The lowest BCUT2D eigenvalue weighted by atomic mass is 9.78. The molecule has 0 spiro atoms. The summed E-state index contributed by atoms with van der Waals surface area (Å²) in [5, 5.41) is 0. The second kappa shape index (κ2) is 10.4. The predicted molar refractivity (Wildman–Crippen MR) is 121 cm³/mol. The first-order chi connectivity index (χ1) is 16.3. The molecule has 2 aliphatic heterocycles. The van der Waals surface area contributed by atoms with Gasteiger partial charge in [-0.3, -0.25) is 4.79 Å². The molecular formula is C24H28F2N2O5S. The first-order valence-electron chi connectivity index (χ1n) is 11.3. The molecule has 0 N–H and O–H groups in total. The van der Waals surface area contributed by atoms with E-state index in [0.717, 1.165) is 12.1 Å². The van der Waals surface area contributed by atoms with Gasteiger partial charge in [0.2, 0.25) is 15.9 Å². The van der Waals surface area contributed by atoms with Crippen molar-refractivity contribution < 1.29 is 31.5 Å². The van der Waals surface area contributed by atoms with Crippen molar-refractivity contribution in [2.75, 3.05) is 46.0 Å². The minimum Gasteiger partial charge on any atom is -0.493 e. The van der Waals surface area contributed by atoms with Crippen molar-refractivity contribution >= 4 is 15.9 Å². The summed E-state index contributed by atoms with van der Waals surface area (Å²) in [7, 11) is -4.23. The largest absolute Gasteiger partial charge is 0.493 e. The number of carbonyl (C=O) groups is 1. The molecule has 4 rings (SSSR count). The summed E-state index contributed by atoms with van der Waals surface area (Å²) >= 11 is 0.